The SMILES string of the molecule is Cc1ccc(NC(=O)c2c(C)cc(C)nc2SCC(=O)c2cc3ccccc3oc2=O)cc1. The van der Waals surface area contributed by atoms with Gasteiger partial charge in [0.1, 0.15) is 16.2 Å². The molecule has 0 fully saturated rings. The summed E-state index contributed by atoms with van der Waals surface area (Å²) in [6.07, 6.45) is 0. The smallest absolute Gasteiger partial charge is 0.347 e. The van der Waals surface area contributed by atoms with Gasteiger partial charge in [-0.05, 0) is 56.7 Å². The number of aryl methyl sites for hydroxylation is 3. The van der Waals surface area contributed by atoms with Gasteiger partial charge >= 0.3 is 5.63 Å². The molecule has 0 spiro atoms. The van der Waals surface area contributed by atoms with Gasteiger partial charge in [0, 0.05) is 16.8 Å². The summed E-state index contributed by atoms with van der Waals surface area (Å²) in [5, 5.41) is 4.01. The average molecular weight is 459 g/mol. The average Bonchev–Trinajstić information content (AvgIpc) is 2.78. The summed E-state index contributed by atoms with van der Waals surface area (Å²) in [7, 11) is 0. The number of carbonyl (C=O) groups is 2. The van der Waals surface area contributed by atoms with Crippen LogP contribution in [0.3, 0.4) is 0 Å². The van der Waals surface area contributed by atoms with E-state index in [4.69, 9.17) is 4.42 Å². The zero-order chi connectivity index (χ0) is 23.5. The molecule has 33 heavy (non-hydrogen) atoms. The summed E-state index contributed by atoms with van der Waals surface area (Å²) >= 11 is 1.13. The van der Waals surface area contributed by atoms with Gasteiger partial charge in [0.15, 0.2) is 5.78 Å². The number of nitrogens with one attached hydrogen (secondary N) is 1. The van der Waals surface area contributed by atoms with Crippen LogP contribution < -0.4 is 10.9 Å². The van der Waals surface area contributed by atoms with Crippen molar-refractivity contribution in [1.82, 2.24) is 4.98 Å². The number of rotatable bonds is 6. The van der Waals surface area contributed by atoms with Gasteiger partial charge in [-0.1, -0.05) is 47.7 Å². The molecule has 7 heteroatoms. The Hall–Kier alpha value is -3.71. The highest BCUT2D eigenvalue weighted by Crippen LogP contribution is 2.26. The van der Waals surface area contributed by atoms with E-state index in [-0.39, 0.29) is 23.0 Å². The van der Waals surface area contributed by atoms with Crippen molar-refractivity contribution in [2.24, 2.45) is 0 Å². The fourth-order valence-electron chi connectivity index (χ4n) is 3.48. The number of hydrogen-bond donors (Lipinski definition) is 1. The number of Topliss-reactive ketones (excluding diaryl/α,β-unsaturated/α-hetero) is 1. The summed E-state index contributed by atoms with van der Waals surface area (Å²) in [5.41, 5.74) is 3.40. The van der Waals surface area contributed by atoms with Crippen molar-refractivity contribution in [3.05, 3.63) is 99.0 Å². The highest BCUT2D eigenvalue weighted by Gasteiger charge is 2.20. The summed E-state index contributed by atoms with van der Waals surface area (Å²) in [5.74, 6) is -0.738. The van der Waals surface area contributed by atoms with Crippen molar-refractivity contribution in [3.8, 4) is 0 Å². The molecule has 0 saturated carbocycles. The molecule has 1 N–H and O–H groups in total. The zero-order valence-electron chi connectivity index (χ0n) is 18.5. The maximum Gasteiger partial charge on any atom is 0.347 e. The summed E-state index contributed by atoms with van der Waals surface area (Å²) in [6, 6.07) is 17.9. The van der Waals surface area contributed by atoms with E-state index in [9.17, 15) is 14.4 Å². The van der Waals surface area contributed by atoms with Crippen LogP contribution in [0, 0.1) is 20.8 Å². The van der Waals surface area contributed by atoms with Crippen LogP contribution >= 0.6 is 11.8 Å². The Morgan fingerprint density at radius 2 is 1.73 bits per heavy atom. The number of amides is 1. The third-order valence-corrected chi connectivity index (χ3v) is 6.11. The summed E-state index contributed by atoms with van der Waals surface area (Å²) in [4.78, 5) is 42.7. The minimum absolute atomic E-state index is 0.0174. The predicted molar refractivity (Wildman–Crippen MR) is 130 cm³/mol. The number of ketones is 1. The number of thioether (sulfide) groups is 1. The van der Waals surface area contributed by atoms with Crippen LogP contribution in [0.5, 0.6) is 0 Å². The van der Waals surface area contributed by atoms with Crippen LogP contribution in [-0.2, 0) is 0 Å². The van der Waals surface area contributed by atoms with Crippen molar-refractivity contribution in [2.75, 3.05) is 11.1 Å². The van der Waals surface area contributed by atoms with Gasteiger partial charge in [-0.2, -0.15) is 0 Å². The second-order valence-electron chi connectivity index (χ2n) is 7.78. The first kappa shape index (κ1) is 22.5. The maximum atomic E-state index is 13.1. The molecular weight excluding hydrogens is 436 g/mol. The van der Waals surface area contributed by atoms with Crippen LogP contribution in [-0.4, -0.2) is 22.4 Å². The molecule has 0 aliphatic heterocycles. The van der Waals surface area contributed by atoms with Gasteiger partial charge in [0.2, 0.25) is 0 Å². The van der Waals surface area contributed by atoms with Crippen molar-refractivity contribution in [2.45, 2.75) is 25.8 Å². The van der Waals surface area contributed by atoms with Crippen LogP contribution in [0.1, 0.15) is 37.5 Å². The minimum atomic E-state index is -0.676. The van der Waals surface area contributed by atoms with Crippen LogP contribution in [0.15, 0.2) is 74.9 Å². The molecule has 4 aromatic rings. The van der Waals surface area contributed by atoms with Gasteiger partial charge in [-0.25, -0.2) is 9.78 Å². The third kappa shape index (κ3) is 5.04. The molecule has 2 aromatic carbocycles. The van der Waals surface area contributed by atoms with Gasteiger partial charge in [-0.15, -0.1) is 0 Å². The number of fused-ring (bicyclic) bond motifs is 1. The molecule has 0 saturated heterocycles. The third-order valence-electron chi connectivity index (χ3n) is 5.13. The second kappa shape index (κ2) is 9.42. The fraction of sp³-hybridized carbons (Fsp3) is 0.154. The molecule has 0 aliphatic carbocycles. The van der Waals surface area contributed by atoms with Gasteiger partial charge in [-0.3, -0.25) is 9.59 Å². The molecule has 166 valence electrons. The number of nitrogens with zero attached hydrogens (tertiary/aromatic N) is 1. The van der Waals surface area contributed by atoms with Gasteiger partial charge in [0.05, 0.1) is 11.3 Å². The molecule has 2 aromatic heterocycles. The Morgan fingerprint density at radius 3 is 2.48 bits per heavy atom. The van der Waals surface area contributed by atoms with E-state index in [0.29, 0.717) is 27.2 Å². The monoisotopic (exact) mass is 458 g/mol. The predicted octanol–water partition coefficient (Wildman–Crippen LogP) is 5.34. The van der Waals surface area contributed by atoms with Crippen LogP contribution in [0.25, 0.3) is 11.0 Å². The Labute approximate surface area is 195 Å². The van der Waals surface area contributed by atoms with E-state index in [0.717, 1.165) is 28.6 Å². The first-order chi connectivity index (χ1) is 15.8. The van der Waals surface area contributed by atoms with E-state index in [1.165, 1.54) is 0 Å². The number of anilines is 1. The Bertz CT molecular complexity index is 1420. The van der Waals surface area contributed by atoms with Crippen molar-refractivity contribution >= 4 is 40.1 Å². The summed E-state index contributed by atoms with van der Waals surface area (Å²) < 4.78 is 5.28. The first-order valence-electron chi connectivity index (χ1n) is 10.4. The molecular formula is C26H22N2O4S. The molecule has 4 rings (SSSR count). The molecule has 6 nitrogen and oxygen atoms in total. The van der Waals surface area contributed by atoms with Crippen molar-refractivity contribution in [1.29, 1.82) is 0 Å². The number of carbonyl (C=O) groups excluding carboxylic acids is 2. The van der Waals surface area contributed by atoms with Crippen molar-refractivity contribution in [3.63, 3.8) is 0 Å². The lowest BCUT2D eigenvalue weighted by Gasteiger charge is -2.13. The quantitative estimate of drug-likeness (QED) is 0.238. The standard InChI is InChI=1S/C26H22N2O4S/c1-15-8-10-19(11-9-15)28-24(30)23-16(2)12-17(3)27-25(23)33-14-21(29)20-13-18-6-4-5-7-22(18)32-26(20)31/h4-13H,14H2,1-3H3,(H,28,30). The van der Waals surface area contributed by atoms with Crippen LogP contribution in [0.4, 0.5) is 5.69 Å². The first-order valence-corrected chi connectivity index (χ1v) is 11.4. The summed E-state index contributed by atoms with van der Waals surface area (Å²) in [6.45, 7) is 5.64. The van der Waals surface area contributed by atoms with E-state index in [2.05, 4.69) is 10.3 Å². The molecule has 0 radical (unpaired) electrons. The number of para-hydroxylation sites is 1. The van der Waals surface area contributed by atoms with E-state index < -0.39 is 5.63 Å². The van der Waals surface area contributed by atoms with E-state index in [1.54, 1.807) is 24.3 Å². The molecule has 1 amide bonds. The van der Waals surface area contributed by atoms with E-state index >= 15 is 0 Å². The van der Waals surface area contributed by atoms with Gasteiger partial charge in [0.25, 0.3) is 5.91 Å². The molecule has 0 atom stereocenters. The topological polar surface area (TPSA) is 89.3 Å². The zero-order valence-corrected chi connectivity index (χ0v) is 19.3. The van der Waals surface area contributed by atoms with Crippen LogP contribution in [0.2, 0.25) is 0 Å². The molecule has 2 heterocycles. The van der Waals surface area contributed by atoms with E-state index in [1.807, 2.05) is 57.2 Å². The molecule has 0 bridgehead atoms. The minimum Gasteiger partial charge on any atom is -0.422 e. The molecule has 0 aliphatic rings. The van der Waals surface area contributed by atoms with Crippen molar-refractivity contribution < 1.29 is 14.0 Å². The number of aromatic nitrogens is 1. The highest BCUT2D eigenvalue weighted by atomic mass is 32.2. The Kier molecular flexibility index (Phi) is 6.42. The number of hydrogen-bond acceptors (Lipinski definition) is 6. The number of pyridine rings is 1. The van der Waals surface area contributed by atoms with Gasteiger partial charge < -0.3 is 9.73 Å². The molecule has 0 unspecified atom stereocenters. The fourth-order valence-corrected chi connectivity index (χ4v) is 4.51. The second-order valence-corrected chi connectivity index (χ2v) is 8.74. The Morgan fingerprint density at radius 1 is 1.00 bits per heavy atom. The highest BCUT2D eigenvalue weighted by molar-refractivity contribution is 8.00. The Balaban J connectivity index is 1.58. The lowest BCUT2D eigenvalue weighted by atomic mass is 10.1. The maximum absolute atomic E-state index is 13.1. The normalized spacial score (nSPS) is 10.9. The number of benzene rings is 2. The lowest BCUT2D eigenvalue weighted by molar-refractivity contribution is 0.101. The largest absolute Gasteiger partial charge is 0.422 e. The lowest BCUT2D eigenvalue weighted by Crippen LogP contribution is -2.18.